The molecule has 4 rings (SSSR count). The van der Waals surface area contributed by atoms with Crippen LogP contribution in [0.15, 0.2) is 30.2 Å². The summed E-state index contributed by atoms with van der Waals surface area (Å²) in [5, 5.41) is 8.96. The lowest BCUT2D eigenvalue weighted by molar-refractivity contribution is 0.0523. The number of anilines is 1. The molecule has 3 heterocycles. The first-order chi connectivity index (χ1) is 17.1. The highest BCUT2D eigenvalue weighted by atomic mass is 16.6. The van der Waals surface area contributed by atoms with Crippen molar-refractivity contribution in [3.8, 4) is 5.75 Å². The van der Waals surface area contributed by atoms with Crippen LogP contribution in [0.4, 0.5) is 15.3 Å². The van der Waals surface area contributed by atoms with Crippen LogP contribution in [-0.4, -0.2) is 79.0 Å². The number of nitrogens with one attached hydrogen (secondary N) is 3. The van der Waals surface area contributed by atoms with Crippen molar-refractivity contribution in [3.05, 3.63) is 35.7 Å². The van der Waals surface area contributed by atoms with E-state index in [1.54, 1.807) is 29.3 Å². The molecule has 0 aliphatic carbocycles. The summed E-state index contributed by atoms with van der Waals surface area (Å²) < 4.78 is 16.1. The molecular weight excluding hydrogens is 466 g/mol. The summed E-state index contributed by atoms with van der Waals surface area (Å²) in [6.07, 6.45) is 3.39. The van der Waals surface area contributed by atoms with Crippen LogP contribution in [0.2, 0.25) is 0 Å². The number of rotatable bonds is 6. The first-order valence-corrected chi connectivity index (χ1v) is 12.3. The predicted molar refractivity (Wildman–Crippen MR) is 133 cm³/mol. The highest BCUT2D eigenvalue weighted by Crippen LogP contribution is 2.35. The molecular formula is C25H35N5O6. The van der Waals surface area contributed by atoms with Gasteiger partial charge in [0.15, 0.2) is 11.9 Å². The van der Waals surface area contributed by atoms with Crippen molar-refractivity contribution in [3.63, 3.8) is 0 Å². The Bertz CT molecular complexity index is 1030. The summed E-state index contributed by atoms with van der Waals surface area (Å²) in [6.45, 7) is 8.68. The number of alkyl carbamates (subject to hydrolysis) is 1. The first-order valence-electron chi connectivity index (χ1n) is 12.3. The van der Waals surface area contributed by atoms with E-state index in [1.165, 1.54) is 7.11 Å². The number of amides is 3. The maximum atomic E-state index is 12.9. The van der Waals surface area contributed by atoms with E-state index in [1.807, 2.05) is 20.8 Å². The average Bonchev–Trinajstić information content (AvgIpc) is 2.83. The van der Waals surface area contributed by atoms with Gasteiger partial charge in [-0.25, -0.2) is 14.4 Å². The fourth-order valence-corrected chi connectivity index (χ4v) is 4.49. The minimum atomic E-state index is -0.508. The molecule has 36 heavy (non-hydrogen) atoms. The number of ether oxygens (including phenoxy) is 3. The maximum Gasteiger partial charge on any atom is 0.407 e. The molecule has 3 N–H and O–H groups in total. The minimum Gasteiger partial charge on any atom is -0.465 e. The molecule has 11 heteroatoms. The van der Waals surface area contributed by atoms with Gasteiger partial charge in [-0.05, 0) is 64.8 Å². The van der Waals surface area contributed by atoms with Crippen LogP contribution in [0.5, 0.6) is 5.75 Å². The number of likely N-dealkylation sites (tertiary alicyclic amines) is 1. The van der Waals surface area contributed by atoms with Crippen molar-refractivity contribution in [1.82, 2.24) is 20.4 Å². The molecule has 1 fully saturated rings. The zero-order chi connectivity index (χ0) is 25.9. The van der Waals surface area contributed by atoms with Gasteiger partial charge in [0.2, 0.25) is 0 Å². The number of carbonyl (C=O) groups excluding carboxylic acids is 3. The van der Waals surface area contributed by atoms with Crippen LogP contribution in [0, 0.1) is 0 Å². The van der Waals surface area contributed by atoms with Crippen LogP contribution in [-0.2, 0) is 9.47 Å². The second kappa shape index (κ2) is 10.7. The molecule has 0 radical (unpaired) electrons. The number of hydrogen-bond acceptors (Lipinski definition) is 8. The van der Waals surface area contributed by atoms with Gasteiger partial charge in [-0.2, -0.15) is 0 Å². The monoisotopic (exact) mass is 501 g/mol. The lowest BCUT2D eigenvalue weighted by atomic mass is 10.0. The Balaban J connectivity index is 1.27. The lowest BCUT2D eigenvalue weighted by Crippen LogP contribution is -2.57. The van der Waals surface area contributed by atoms with Gasteiger partial charge >= 0.3 is 18.1 Å². The van der Waals surface area contributed by atoms with Crippen molar-refractivity contribution in [2.45, 2.75) is 57.8 Å². The number of methoxy groups -OCH3 is 1. The van der Waals surface area contributed by atoms with E-state index in [0.717, 1.165) is 38.9 Å². The molecule has 3 aliphatic rings. The molecule has 0 bridgehead atoms. The fraction of sp³-hybridized carbons (Fsp3) is 0.560. The Morgan fingerprint density at radius 3 is 2.64 bits per heavy atom. The summed E-state index contributed by atoms with van der Waals surface area (Å²) in [5.41, 5.74) is 0.511. The molecule has 0 saturated carbocycles. The Labute approximate surface area is 211 Å². The molecule has 1 atom stereocenters. The van der Waals surface area contributed by atoms with E-state index in [2.05, 4.69) is 20.9 Å². The predicted octanol–water partition coefficient (Wildman–Crippen LogP) is 2.85. The number of benzene rings is 1. The maximum absolute atomic E-state index is 12.9. The van der Waals surface area contributed by atoms with Gasteiger partial charge in [0, 0.05) is 25.7 Å². The SMILES string of the molecule is COC(=O)c1ccc2c(c1)NC1NC(=O)N(C3CCN(CCCNC(=O)OC(C)(C)C)CC3)C=C1O2. The van der Waals surface area contributed by atoms with Gasteiger partial charge in [-0.15, -0.1) is 0 Å². The number of esters is 1. The number of urea groups is 1. The number of piperidine rings is 1. The molecule has 1 aromatic rings. The van der Waals surface area contributed by atoms with Crippen molar-refractivity contribution in [2.75, 3.05) is 38.6 Å². The van der Waals surface area contributed by atoms with Gasteiger partial charge in [0.25, 0.3) is 0 Å². The zero-order valence-electron chi connectivity index (χ0n) is 21.3. The summed E-state index contributed by atoms with van der Waals surface area (Å²) in [7, 11) is 1.33. The largest absolute Gasteiger partial charge is 0.465 e. The molecule has 3 aliphatic heterocycles. The summed E-state index contributed by atoms with van der Waals surface area (Å²) in [6, 6.07) is 4.89. The summed E-state index contributed by atoms with van der Waals surface area (Å²) in [4.78, 5) is 40.5. The van der Waals surface area contributed by atoms with Crippen molar-refractivity contribution >= 4 is 23.8 Å². The van der Waals surface area contributed by atoms with Gasteiger partial charge in [-0.3, -0.25) is 4.90 Å². The van der Waals surface area contributed by atoms with Crippen molar-refractivity contribution in [1.29, 1.82) is 0 Å². The molecule has 1 aromatic carbocycles. The topological polar surface area (TPSA) is 121 Å². The highest BCUT2D eigenvalue weighted by molar-refractivity contribution is 5.91. The molecule has 3 amide bonds. The Morgan fingerprint density at radius 2 is 1.94 bits per heavy atom. The first kappa shape index (κ1) is 25.6. The van der Waals surface area contributed by atoms with Crippen molar-refractivity contribution < 1.29 is 28.6 Å². The number of nitrogens with zero attached hydrogens (tertiary/aromatic N) is 2. The van der Waals surface area contributed by atoms with Crippen LogP contribution in [0.3, 0.4) is 0 Å². The highest BCUT2D eigenvalue weighted by Gasteiger charge is 2.36. The Kier molecular flexibility index (Phi) is 7.58. The standard InChI is InChI=1S/C25H35N5O6/c1-25(2,3)36-24(33)26-10-5-11-29-12-8-17(9-13-29)30-15-20-21(28-23(30)32)27-18-14-16(22(31)34-4)6-7-19(18)35-20/h6-7,14-15,17,21,27H,5,8-13H2,1-4H3,(H,26,33)(H,28,32). The third kappa shape index (κ3) is 6.20. The van der Waals surface area contributed by atoms with E-state index in [-0.39, 0.29) is 12.1 Å². The van der Waals surface area contributed by atoms with Crippen LogP contribution in [0.25, 0.3) is 0 Å². The molecule has 0 spiro atoms. The third-order valence-electron chi connectivity index (χ3n) is 6.25. The van der Waals surface area contributed by atoms with Crippen molar-refractivity contribution in [2.24, 2.45) is 0 Å². The van der Waals surface area contributed by atoms with E-state index in [9.17, 15) is 14.4 Å². The van der Waals surface area contributed by atoms with E-state index in [4.69, 9.17) is 14.2 Å². The Morgan fingerprint density at radius 1 is 1.19 bits per heavy atom. The molecule has 11 nitrogen and oxygen atoms in total. The summed E-state index contributed by atoms with van der Waals surface area (Å²) in [5.74, 6) is 0.741. The third-order valence-corrected chi connectivity index (χ3v) is 6.25. The molecule has 0 aromatic heterocycles. The zero-order valence-corrected chi connectivity index (χ0v) is 21.3. The van der Waals surface area contributed by atoms with Gasteiger partial charge in [-0.1, -0.05) is 0 Å². The van der Waals surface area contributed by atoms with E-state index >= 15 is 0 Å². The van der Waals surface area contributed by atoms with Gasteiger partial charge < -0.3 is 35.1 Å². The van der Waals surface area contributed by atoms with E-state index in [0.29, 0.717) is 29.3 Å². The number of hydrogen-bond donors (Lipinski definition) is 3. The number of carbonyl (C=O) groups is 3. The lowest BCUT2D eigenvalue weighted by Gasteiger charge is -2.41. The molecule has 196 valence electrons. The second-order valence-electron chi connectivity index (χ2n) is 10.1. The van der Waals surface area contributed by atoms with Crippen LogP contribution < -0.4 is 20.7 Å². The van der Waals surface area contributed by atoms with E-state index < -0.39 is 23.8 Å². The second-order valence-corrected chi connectivity index (χ2v) is 10.1. The number of fused-ring (bicyclic) bond motifs is 2. The Hall–Kier alpha value is -3.47. The van der Waals surface area contributed by atoms with Crippen LogP contribution >= 0.6 is 0 Å². The van der Waals surface area contributed by atoms with Gasteiger partial charge in [0.05, 0.1) is 24.6 Å². The van der Waals surface area contributed by atoms with Crippen LogP contribution in [0.1, 0.15) is 50.4 Å². The normalized spacial score (nSPS) is 20.1. The summed E-state index contributed by atoms with van der Waals surface area (Å²) >= 11 is 0. The minimum absolute atomic E-state index is 0.0706. The quantitative estimate of drug-likeness (QED) is 0.402. The van der Waals surface area contributed by atoms with Gasteiger partial charge in [0.1, 0.15) is 11.4 Å². The molecule has 1 saturated heterocycles. The average molecular weight is 502 g/mol. The molecule has 1 unspecified atom stereocenters. The fourth-order valence-electron chi connectivity index (χ4n) is 4.49. The smallest absolute Gasteiger partial charge is 0.407 e.